The van der Waals surface area contributed by atoms with Gasteiger partial charge in [0.2, 0.25) is 10.0 Å². The molecule has 2 aromatic carbocycles. The van der Waals surface area contributed by atoms with Gasteiger partial charge < -0.3 is 9.47 Å². The summed E-state index contributed by atoms with van der Waals surface area (Å²) < 4.78 is 38.1. The molecule has 2 aromatic rings. The van der Waals surface area contributed by atoms with Crippen LogP contribution in [-0.2, 0) is 14.8 Å². The molecule has 0 saturated heterocycles. The predicted octanol–water partition coefficient (Wildman–Crippen LogP) is 2.84. The lowest BCUT2D eigenvalue weighted by Crippen LogP contribution is -2.36. The van der Waals surface area contributed by atoms with Crippen molar-refractivity contribution in [3.8, 4) is 5.75 Å². The molecule has 7 heteroatoms. The molecule has 0 bridgehead atoms. The number of carbonyl (C=O) groups excluding carboxylic acids is 1. The summed E-state index contributed by atoms with van der Waals surface area (Å²) in [6.07, 6.45) is 0. The Bertz CT molecular complexity index is 893. The standard InChI is InChI=1S/C19H23NO5S/c1-13-9-10-16(11-17(13)19(21)24-4)26(22,23)20-15(3)12-25-18-8-6-5-7-14(18)2/h5-11,15,20H,12H2,1-4H3/t15-/m1/s1. The summed E-state index contributed by atoms with van der Waals surface area (Å²) in [6, 6.07) is 11.4. The number of methoxy groups -OCH3 is 1. The normalized spacial score (nSPS) is 12.5. The Morgan fingerprint density at radius 2 is 1.81 bits per heavy atom. The monoisotopic (exact) mass is 377 g/mol. The summed E-state index contributed by atoms with van der Waals surface area (Å²) >= 11 is 0. The highest BCUT2D eigenvalue weighted by molar-refractivity contribution is 7.89. The van der Waals surface area contributed by atoms with E-state index in [2.05, 4.69) is 4.72 Å². The van der Waals surface area contributed by atoms with Crippen LogP contribution in [0, 0.1) is 13.8 Å². The van der Waals surface area contributed by atoms with E-state index in [-0.39, 0.29) is 17.1 Å². The van der Waals surface area contributed by atoms with Crippen LogP contribution < -0.4 is 9.46 Å². The first-order valence-corrected chi connectivity index (χ1v) is 9.62. The fraction of sp³-hybridized carbons (Fsp3) is 0.316. The minimum atomic E-state index is -3.79. The van der Waals surface area contributed by atoms with Gasteiger partial charge in [-0.15, -0.1) is 0 Å². The van der Waals surface area contributed by atoms with Crippen LogP contribution in [0.5, 0.6) is 5.75 Å². The predicted molar refractivity (Wildman–Crippen MR) is 99.0 cm³/mol. The van der Waals surface area contributed by atoms with Gasteiger partial charge in [0.25, 0.3) is 0 Å². The number of para-hydroxylation sites is 1. The smallest absolute Gasteiger partial charge is 0.338 e. The van der Waals surface area contributed by atoms with Crippen molar-refractivity contribution in [3.63, 3.8) is 0 Å². The van der Waals surface area contributed by atoms with Gasteiger partial charge in [0.15, 0.2) is 0 Å². The summed E-state index contributed by atoms with van der Waals surface area (Å²) in [5.41, 5.74) is 1.84. The molecule has 0 aliphatic heterocycles. The third-order valence-corrected chi connectivity index (χ3v) is 5.45. The van der Waals surface area contributed by atoms with Gasteiger partial charge in [0.05, 0.1) is 23.6 Å². The Labute approximate surface area is 154 Å². The first-order chi connectivity index (χ1) is 12.2. The Kier molecular flexibility index (Phi) is 6.39. The van der Waals surface area contributed by atoms with Crippen molar-refractivity contribution in [2.24, 2.45) is 0 Å². The molecule has 0 aliphatic carbocycles. The van der Waals surface area contributed by atoms with E-state index < -0.39 is 22.0 Å². The maximum atomic E-state index is 12.6. The molecule has 26 heavy (non-hydrogen) atoms. The van der Waals surface area contributed by atoms with Gasteiger partial charge in [0, 0.05) is 0 Å². The molecule has 0 heterocycles. The fourth-order valence-electron chi connectivity index (χ4n) is 2.40. The van der Waals surface area contributed by atoms with Crippen molar-refractivity contribution in [1.29, 1.82) is 0 Å². The number of rotatable bonds is 7. The van der Waals surface area contributed by atoms with E-state index in [0.29, 0.717) is 11.3 Å². The first-order valence-electron chi connectivity index (χ1n) is 8.14. The number of hydrogen-bond donors (Lipinski definition) is 1. The number of hydrogen-bond acceptors (Lipinski definition) is 5. The molecule has 0 amide bonds. The van der Waals surface area contributed by atoms with Crippen LogP contribution in [0.4, 0.5) is 0 Å². The van der Waals surface area contributed by atoms with Crippen molar-refractivity contribution < 1.29 is 22.7 Å². The maximum Gasteiger partial charge on any atom is 0.338 e. The molecule has 140 valence electrons. The highest BCUT2D eigenvalue weighted by Gasteiger charge is 2.21. The summed E-state index contributed by atoms with van der Waals surface area (Å²) in [6.45, 7) is 5.53. The van der Waals surface area contributed by atoms with E-state index in [0.717, 1.165) is 5.56 Å². The quantitative estimate of drug-likeness (QED) is 0.751. The summed E-state index contributed by atoms with van der Waals surface area (Å²) in [5, 5.41) is 0. The number of nitrogens with one attached hydrogen (secondary N) is 1. The molecule has 1 atom stereocenters. The average molecular weight is 377 g/mol. The van der Waals surface area contributed by atoms with Gasteiger partial charge >= 0.3 is 5.97 Å². The Hall–Kier alpha value is -2.38. The van der Waals surface area contributed by atoms with Gasteiger partial charge in [-0.2, -0.15) is 0 Å². The van der Waals surface area contributed by atoms with Gasteiger partial charge in [-0.25, -0.2) is 17.9 Å². The molecule has 0 fully saturated rings. The second kappa shape index (κ2) is 8.33. The Morgan fingerprint density at radius 3 is 2.46 bits per heavy atom. The van der Waals surface area contributed by atoms with Crippen LogP contribution in [0.1, 0.15) is 28.4 Å². The molecule has 1 N–H and O–H groups in total. The van der Waals surface area contributed by atoms with Crippen molar-refractivity contribution in [2.75, 3.05) is 13.7 Å². The van der Waals surface area contributed by atoms with Gasteiger partial charge in [0.1, 0.15) is 12.4 Å². The van der Waals surface area contributed by atoms with Crippen molar-refractivity contribution >= 4 is 16.0 Å². The maximum absolute atomic E-state index is 12.6. The molecule has 0 aliphatic rings. The largest absolute Gasteiger partial charge is 0.492 e. The van der Waals surface area contributed by atoms with E-state index in [1.807, 2.05) is 31.2 Å². The topological polar surface area (TPSA) is 81.7 Å². The number of ether oxygens (including phenoxy) is 2. The molecule has 0 spiro atoms. The number of esters is 1. The molecular weight excluding hydrogens is 354 g/mol. The number of aryl methyl sites for hydroxylation is 2. The van der Waals surface area contributed by atoms with Crippen LogP contribution in [-0.4, -0.2) is 34.1 Å². The van der Waals surface area contributed by atoms with Gasteiger partial charge in [-0.05, 0) is 50.1 Å². The number of carbonyl (C=O) groups is 1. The summed E-state index contributed by atoms with van der Waals surface area (Å²) in [5.74, 6) is 0.136. The van der Waals surface area contributed by atoms with E-state index in [1.54, 1.807) is 19.9 Å². The van der Waals surface area contributed by atoms with E-state index in [4.69, 9.17) is 9.47 Å². The van der Waals surface area contributed by atoms with Crippen LogP contribution in [0.25, 0.3) is 0 Å². The molecular formula is C19H23NO5S. The second-order valence-corrected chi connectivity index (χ2v) is 7.78. The van der Waals surface area contributed by atoms with Crippen molar-refractivity contribution in [3.05, 3.63) is 59.2 Å². The minimum Gasteiger partial charge on any atom is -0.492 e. The van der Waals surface area contributed by atoms with Crippen LogP contribution in [0.3, 0.4) is 0 Å². The molecule has 0 radical (unpaired) electrons. The van der Waals surface area contributed by atoms with Crippen LogP contribution in [0.15, 0.2) is 47.4 Å². The minimum absolute atomic E-state index is 0.00578. The zero-order valence-electron chi connectivity index (χ0n) is 15.3. The third-order valence-electron chi connectivity index (χ3n) is 3.86. The molecule has 6 nitrogen and oxygen atoms in total. The highest BCUT2D eigenvalue weighted by atomic mass is 32.2. The lowest BCUT2D eigenvalue weighted by atomic mass is 10.1. The molecule has 0 saturated carbocycles. The lowest BCUT2D eigenvalue weighted by molar-refractivity contribution is 0.0599. The third kappa shape index (κ3) is 4.83. The number of sulfonamides is 1. The summed E-state index contributed by atoms with van der Waals surface area (Å²) in [7, 11) is -2.54. The molecule has 2 rings (SSSR count). The molecule has 0 unspecified atom stereocenters. The Balaban J connectivity index is 2.10. The van der Waals surface area contributed by atoms with Crippen LogP contribution in [0.2, 0.25) is 0 Å². The fourth-order valence-corrected chi connectivity index (χ4v) is 3.65. The zero-order valence-corrected chi connectivity index (χ0v) is 16.1. The van der Waals surface area contributed by atoms with Crippen LogP contribution >= 0.6 is 0 Å². The summed E-state index contributed by atoms with van der Waals surface area (Å²) in [4.78, 5) is 11.8. The van der Waals surface area contributed by atoms with E-state index in [1.165, 1.54) is 19.2 Å². The SMILES string of the molecule is COC(=O)c1cc(S(=O)(=O)N[C@H](C)COc2ccccc2C)ccc1C. The molecule has 0 aromatic heterocycles. The zero-order chi connectivity index (χ0) is 19.3. The van der Waals surface area contributed by atoms with E-state index in [9.17, 15) is 13.2 Å². The average Bonchev–Trinajstić information content (AvgIpc) is 2.60. The van der Waals surface area contributed by atoms with Gasteiger partial charge in [-0.1, -0.05) is 24.3 Å². The first kappa shape index (κ1) is 19.9. The van der Waals surface area contributed by atoms with Gasteiger partial charge in [-0.3, -0.25) is 0 Å². The second-order valence-electron chi connectivity index (χ2n) is 6.07. The lowest BCUT2D eigenvalue weighted by Gasteiger charge is -2.17. The number of benzene rings is 2. The Morgan fingerprint density at radius 1 is 1.12 bits per heavy atom. The highest BCUT2D eigenvalue weighted by Crippen LogP contribution is 2.18. The van der Waals surface area contributed by atoms with Crippen molar-refractivity contribution in [1.82, 2.24) is 4.72 Å². The van der Waals surface area contributed by atoms with E-state index >= 15 is 0 Å². The van der Waals surface area contributed by atoms with Crippen molar-refractivity contribution in [2.45, 2.75) is 31.7 Å².